The highest BCUT2D eigenvalue weighted by atomic mass is 35.5. The number of halogens is 10. The Morgan fingerprint density at radius 1 is 0.931 bits per heavy atom. The van der Waals surface area contributed by atoms with Crippen LogP contribution in [-0.2, 0) is 12.1 Å². The SMILES string of the molecule is CCc1cc(C)cc(C(F)(C(F)(F)F)C(F)(F)C(F)(F)F)c1-c1cccnc1Cl. The highest BCUT2D eigenvalue weighted by Gasteiger charge is 2.82. The van der Waals surface area contributed by atoms with Gasteiger partial charge in [-0.2, -0.15) is 35.1 Å². The molecule has 0 aliphatic rings. The van der Waals surface area contributed by atoms with Crippen LogP contribution in [-0.4, -0.2) is 23.3 Å². The molecule has 0 saturated heterocycles. The molecule has 0 aliphatic heterocycles. The topological polar surface area (TPSA) is 12.9 Å². The number of hydrogen-bond donors (Lipinski definition) is 0. The van der Waals surface area contributed by atoms with Crippen LogP contribution in [0, 0.1) is 6.92 Å². The Labute approximate surface area is 164 Å². The van der Waals surface area contributed by atoms with E-state index in [1.807, 2.05) is 0 Å². The number of aryl methyl sites for hydroxylation is 2. The molecule has 1 aromatic carbocycles. The molecule has 1 aromatic heterocycles. The third kappa shape index (κ3) is 3.67. The molecule has 0 amide bonds. The summed E-state index contributed by atoms with van der Waals surface area (Å²) >= 11 is 5.84. The number of aromatic nitrogens is 1. The molecule has 0 bridgehead atoms. The van der Waals surface area contributed by atoms with Crippen molar-refractivity contribution < 1.29 is 39.5 Å². The lowest BCUT2D eigenvalue weighted by molar-refractivity contribution is -0.389. The monoisotopic (exact) mass is 449 g/mol. The summed E-state index contributed by atoms with van der Waals surface area (Å²) in [5, 5.41) is -0.479. The van der Waals surface area contributed by atoms with Crippen LogP contribution in [0.25, 0.3) is 11.1 Å². The second kappa shape index (κ2) is 7.37. The van der Waals surface area contributed by atoms with Gasteiger partial charge in [0.2, 0.25) is 0 Å². The van der Waals surface area contributed by atoms with Gasteiger partial charge < -0.3 is 0 Å². The molecule has 2 rings (SSSR count). The van der Waals surface area contributed by atoms with Crippen molar-refractivity contribution in [2.24, 2.45) is 0 Å². The van der Waals surface area contributed by atoms with Gasteiger partial charge >= 0.3 is 23.9 Å². The number of alkyl halides is 9. The highest BCUT2D eigenvalue weighted by molar-refractivity contribution is 6.32. The summed E-state index contributed by atoms with van der Waals surface area (Å²) in [4.78, 5) is 3.60. The predicted octanol–water partition coefficient (Wildman–Crippen LogP) is 7.20. The van der Waals surface area contributed by atoms with Gasteiger partial charge in [0.1, 0.15) is 5.15 Å². The number of nitrogens with zero attached hydrogens (tertiary/aromatic N) is 1. The Kier molecular flexibility index (Phi) is 5.93. The molecule has 0 aliphatic carbocycles. The zero-order chi connectivity index (χ0) is 22.4. The van der Waals surface area contributed by atoms with Crippen LogP contribution in [0.1, 0.15) is 23.6 Å². The quantitative estimate of drug-likeness (QED) is 0.355. The summed E-state index contributed by atoms with van der Waals surface area (Å²) in [5.74, 6) is -6.78. The summed E-state index contributed by atoms with van der Waals surface area (Å²) in [7, 11) is 0. The van der Waals surface area contributed by atoms with Crippen LogP contribution >= 0.6 is 11.6 Å². The van der Waals surface area contributed by atoms with E-state index in [4.69, 9.17) is 11.6 Å². The lowest BCUT2D eigenvalue weighted by Gasteiger charge is -2.37. The van der Waals surface area contributed by atoms with Gasteiger partial charge in [0.05, 0.1) is 0 Å². The molecule has 1 nitrogen and oxygen atoms in total. The van der Waals surface area contributed by atoms with Crippen LogP contribution in [0.4, 0.5) is 39.5 Å². The van der Waals surface area contributed by atoms with E-state index in [0.29, 0.717) is 6.07 Å². The summed E-state index contributed by atoms with van der Waals surface area (Å²) in [6.45, 7) is 2.57. The molecule has 1 unspecified atom stereocenters. The fourth-order valence-corrected chi connectivity index (χ4v) is 3.21. The Balaban J connectivity index is 3.08. The number of hydrogen-bond acceptors (Lipinski definition) is 1. The minimum absolute atomic E-state index is 0.0965. The summed E-state index contributed by atoms with van der Waals surface area (Å²) < 4.78 is 123. The Hall–Kier alpha value is -1.97. The Bertz CT molecular complexity index is 905. The van der Waals surface area contributed by atoms with Crippen molar-refractivity contribution >= 4 is 11.6 Å². The number of pyridine rings is 1. The molecular weight excluding hydrogens is 437 g/mol. The van der Waals surface area contributed by atoms with E-state index in [1.165, 1.54) is 19.1 Å². The van der Waals surface area contributed by atoms with E-state index in [0.717, 1.165) is 19.2 Å². The minimum Gasteiger partial charge on any atom is -0.244 e. The van der Waals surface area contributed by atoms with Gasteiger partial charge in [-0.25, -0.2) is 9.37 Å². The average Bonchev–Trinajstić information content (AvgIpc) is 2.58. The van der Waals surface area contributed by atoms with E-state index >= 15 is 4.39 Å². The van der Waals surface area contributed by atoms with E-state index in [-0.39, 0.29) is 17.5 Å². The smallest absolute Gasteiger partial charge is 0.244 e. The summed E-state index contributed by atoms with van der Waals surface area (Å²) in [5.41, 5.74) is -9.38. The lowest BCUT2D eigenvalue weighted by atomic mass is 9.79. The van der Waals surface area contributed by atoms with Gasteiger partial charge in [0.25, 0.3) is 0 Å². The zero-order valence-electron chi connectivity index (χ0n) is 14.8. The van der Waals surface area contributed by atoms with Crippen LogP contribution in [0.3, 0.4) is 0 Å². The van der Waals surface area contributed by atoms with Crippen molar-refractivity contribution in [2.45, 2.75) is 44.2 Å². The Morgan fingerprint density at radius 3 is 1.97 bits per heavy atom. The van der Waals surface area contributed by atoms with Crippen molar-refractivity contribution in [1.29, 1.82) is 0 Å². The van der Waals surface area contributed by atoms with Crippen molar-refractivity contribution in [2.75, 3.05) is 0 Å². The van der Waals surface area contributed by atoms with E-state index in [9.17, 15) is 35.1 Å². The first-order valence-electron chi connectivity index (χ1n) is 8.04. The van der Waals surface area contributed by atoms with Gasteiger partial charge in [-0.15, -0.1) is 0 Å². The third-order valence-corrected chi connectivity index (χ3v) is 4.63. The highest BCUT2D eigenvalue weighted by Crippen LogP contribution is 2.60. The van der Waals surface area contributed by atoms with Crippen LogP contribution in [0.2, 0.25) is 5.15 Å². The zero-order valence-corrected chi connectivity index (χ0v) is 15.6. The fraction of sp³-hybridized carbons (Fsp3) is 0.389. The molecule has 0 fully saturated rings. The van der Waals surface area contributed by atoms with E-state index in [1.54, 1.807) is 0 Å². The normalized spacial score (nSPS) is 15.3. The van der Waals surface area contributed by atoms with E-state index < -0.39 is 45.8 Å². The van der Waals surface area contributed by atoms with Crippen molar-refractivity contribution in [3.8, 4) is 11.1 Å². The molecule has 1 atom stereocenters. The van der Waals surface area contributed by atoms with Gasteiger partial charge in [0.15, 0.2) is 0 Å². The molecule has 0 spiro atoms. The molecule has 0 saturated carbocycles. The first-order valence-corrected chi connectivity index (χ1v) is 8.42. The number of benzene rings is 1. The molecule has 0 radical (unpaired) electrons. The van der Waals surface area contributed by atoms with E-state index in [2.05, 4.69) is 4.98 Å². The third-order valence-electron chi connectivity index (χ3n) is 4.32. The molecule has 11 heteroatoms. The van der Waals surface area contributed by atoms with Gasteiger partial charge in [0, 0.05) is 17.3 Å². The largest absolute Gasteiger partial charge is 0.457 e. The van der Waals surface area contributed by atoms with Crippen LogP contribution in [0.5, 0.6) is 0 Å². The van der Waals surface area contributed by atoms with Gasteiger partial charge in [-0.3, -0.25) is 0 Å². The molecular formula is C18H13ClF9N. The van der Waals surface area contributed by atoms with Gasteiger partial charge in [-0.05, 0) is 36.6 Å². The first-order chi connectivity index (χ1) is 13.1. The maximum Gasteiger partial charge on any atom is 0.457 e. The second-order valence-electron chi connectivity index (χ2n) is 6.27. The van der Waals surface area contributed by atoms with Crippen LogP contribution in [0.15, 0.2) is 30.5 Å². The molecule has 29 heavy (non-hydrogen) atoms. The fourth-order valence-electron chi connectivity index (χ4n) is 3.00. The molecule has 1 heterocycles. The molecule has 2 aromatic rings. The minimum atomic E-state index is -6.82. The second-order valence-corrected chi connectivity index (χ2v) is 6.63. The molecule has 160 valence electrons. The number of rotatable bonds is 4. The standard InChI is InChI=1S/C18H13ClF9N/c1-3-10-7-9(2)8-12(13(10)11-5-4-6-29-14(11)19)15(20,17(23,24)25)16(21,22)18(26,27)28/h4-8H,3H2,1-2H3. The summed E-state index contributed by atoms with van der Waals surface area (Å²) in [6, 6.07) is 3.82. The predicted molar refractivity (Wildman–Crippen MR) is 88.6 cm³/mol. The van der Waals surface area contributed by atoms with Crippen molar-refractivity contribution in [3.05, 3.63) is 52.3 Å². The maximum absolute atomic E-state index is 15.2. The Morgan fingerprint density at radius 2 is 1.52 bits per heavy atom. The molecule has 0 N–H and O–H groups in total. The maximum atomic E-state index is 15.2. The summed E-state index contributed by atoms with van der Waals surface area (Å²) in [6.07, 6.45) is -12.4. The lowest BCUT2D eigenvalue weighted by Crippen LogP contribution is -2.60. The van der Waals surface area contributed by atoms with Gasteiger partial charge in [-0.1, -0.05) is 36.2 Å². The van der Waals surface area contributed by atoms with Crippen molar-refractivity contribution in [3.63, 3.8) is 0 Å². The van der Waals surface area contributed by atoms with Crippen LogP contribution < -0.4 is 0 Å². The first kappa shape index (κ1) is 23.3. The average molecular weight is 450 g/mol. The van der Waals surface area contributed by atoms with Crippen molar-refractivity contribution in [1.82, 2.24) is 4.98 Å².